The second kappa shape index (κ2) is 12.6. The van der Waals surface area contributed by atoms with Crippen molar-refractivity contribution in [3.05, 3.63) is 35.4 Å². The predicted molar refractivity (Wildman–Crippen MR) is 136 cm³/mol. The lowest BCUT2D eigenvalue weighted by Gasteiger charge is -2.42. The summed E-state index contributed by atoms with van der Waals surface area (Å²) >= 11 is 0. The maximum absolute atomic E-state index is 13.5. The molecule has 11 heteroatoms. The van der Waals surface area contributed by atoms with Gasteiger partial charge in [0.05, 0.1) is 20.2 Å². The number of ketones is 1. The molecular weight excluding hydrogens is 480 g/mol. The van der Waals surface area contributed by atoms with Gasteiger partial charge in [0.1, 0.15) is 17.7 Å². The average molecular weight is 519 g/mol. The number of ether oxygens (including phenoxy) is 2. The summed E-state index contributed by atoms with van der Waals surface area (Å²) in [5, 5.41) is 5.13. The van der Waals surface area contributed by atoms with E-state index in [1.54, 1.807) is 58.9 Å². The van der Waals surface area contributed by atoms with E-state index in [9.17, 15) is 24.0 Å². The van der Waals surface area contributed by atoms with Gasteiger partial charge in [0.25, 0.3) is 0 Å². The molecule has 1 saturated heterocycles. The van der Waals surface area contributed by atoms with Crippen molar-refractivity contribution >= 4 is 29.8 Å². The van der Waals surface area contributed by atoms with E-state index in [0.717, 1.165) is 5.56 Å². The van der Waals surface area contributed by atoms with E-state index in [1.165, 1.54) is 16.9 Å². The molecule has 2 atom stereocenters. The zero-order valence-electron chi connectivity index (χ0n) is 22.6. The van der Waals surface area contributed by atoms with Gasteiger partial charge in [0.15, 0.2) is 5.78 Å². The van der Waals surface area contributed by atoms with E-state index in [1.807, 2.05) is 6.92 Å². The number of amides is 4. The van der Waals surface area contributed by atoms with Crippen LogP contribution in [0.5, 0.6) is 0 Å². The molecule has 0 saturated carbocycles. The molecule has 1 fully saturated rings. The first kappa shape index (κ1) is 29.6. The van der Waals surface area contributed by atoms with Gasteiger partial charge in [-0.15, -0.1) is 0 Å². The molecule has 2 rings (SSSR count). The van der Waals surface area contributed by atoms with Crippen LogP contribution in [0.15, 0.2) is 24.3 Å². The molecule has 0 aromatic heterocycles. The molecule has 11 nitrogen and oxygen atoms in total. The van der Waals surface area contributed by atoms with Crippen LogP contribution in [0.3, 0.4) is 0 Å². The number of methoxy groups -OCH3 is 1. The number of nitrogens with zero attached hydrogens (tertiary/aromatic N) is 2. The molecule has 1 aliphatic rings. The molecule has 1 aliphatic heterocycles. The van der Waals surface area contributed by atoms with Crippen LogP contribution < -0.4 is 10.6 Å². The van der Waals surface area contributed by atoms with Crippen LogP contribution in [0.25, 0.3) is 0 Å². The third-order valence-electron chi connectivity index (χ3n) is 5.81. The molecule has 0 spiro atoms. The van der Waals surface area contributed by atoms with Crippen LogP contribution in [-0.4, -0.2) is 90.6 Å². The van der Waals surface area contributed by atoms with Crippen LogP contribution in [-0.2, 0) is 19.1 Å². The summed E-state index contributed by atoms with van der Waals surface area (Å²) in [4.78, 5) is 66.6. The van der Waals surface area contributed by atoms with Crippen molar-refractivity contribution in [1.82, 2.24) is 20.4 Å². The summed E-state index contributed by atoms with van der Waals surface area (Å²) in [7, 11) is 1.19. The summed E-state index contributed by atoms with van der Waals surface area (Å²) in [6, 6.07) is 4.91. The van der Waals surface area contributed by atoms with Gasteiger partial charge >= 0.3 is 12.2 Å². The maximum Gasteiger partial charge on any atom is 0.410 e. The quantitative estimate of drug-likeness (QED) is 0.528. The highest BCUT2D eigenvalue weighted by atomic mass is 16.6. The molecule has 1 heterocycles. The summed E-state index contributed by atoms with van der Waals surface area (Å²) in [6.45, 7) is 10.4. The van der Waals surface area contributed by atoms with Gasteiger partial charge in [-0.3, -0.25) is 14.4 Å². The minimum atomic E-state index is -1.10. The van der Waals surface area contributed by atoms with E-state index < -0.39 is 41.7 Å². The SMILES string of the molecule is COC(=O)NC(C(=O)N1CCN(C(=O)OC(C)(C)C)CC1C(=O)NCC(=O)c1ccc(C)cc1)C(C)C. The van der Waals surface area contributed by atoms with Crippen LogP contribution in [0.2, 0.25) is 0 Å². The number of carbonyl (C=O) groups excluding carboxylic acids is 5. The number of rotatable bonds is 7. The first-order valence-corrected chi connectivity index (χ1v) is 12.2. The van der Waals surface area contributed by atoms with Gasteiger partial charge in [-0.05, 0) is 33.6 Å². The van der Waals surface area contributed by atoms with Gasteiger partial charge in [0, 0.05) is 18.7 Å². The molecule has 37 heavy (non-hydrogen) atoms. The summed E-state index contributed by atoms with van der Waals surface area (Å²) in [6.07, 6.45) is -1.38. The van der Waals surface area contributed by atoms with Crippen molar-refractivity contribution < 1.29 is 33.4 Å². The fourth-order valence-electron chi connectivity index (χ4n) is 3.77. The third-order valence-corrected chi connectivity index (χ3v) is 5.81. The van der Waals surface area contributed by atoms with Crippen molar-refractivity contribution in [3.63, 3.8) is 0 Å². The largest absolute Gasteiger partial charge is 0.453 e. The Labute approximate surface area is 217 Å². The Morgan fingerprint density at radius 1 is 1.05 bits per heavy atom. The summed E-state index contributed by atoms with van der Waals surface area (Å²) < 4.78 is 10.1. The molecular formula is C26H38N4O7. The van der Waals surface area contributed by atoms with E-state index >= 15 is 0 Å². The number of hydrogen-bond acceptors (Lipinski definition) is 7. The van der Waals surface area contributed by atoms with Crippen LogP contribution in [0.4, 0.5) is 9.59 Å². The van der Waals surface area contributed by atoms with Crippen LogP contribution in [0.1, 0.15) is 50.5 Å². The van der Waals surface area contributed by atoms with Gasteiger partial charge < -0.3 is 29.9 Å². The average Bonchev–Trinajstić information content (AvgIpc) is 2.83. The minimum absolute atomic E-state index is 0.0359. The molecule has 4 amide bonds. The van der Waals surface area contributed by atoms with Gasteiger partial charge in [-0.1, -0.05) is 43.7 Å². The first-order valence-electron chi connectivity index (χ1n) is 12.2. The van der Waals surface area contributed by atoms with Crippen molar-refractivity contribution in [2.45, 2.75) is 59.2 Å². The van der Waals surface area contributed by atoms with E-state index in [-0.39, 0.29) is 37.9 Å². The molecule has 0 radical (unpaired) electrons. The van der Waals surface area contributed by atoms with Gasteiger partial charge in [-0.25, -0.2) is 9.59 Å². The zero-order chi connectivity index (χ0) is 27.9. The topological polar surface area (TPSA) is 134 Å². The molecule has 204 valence electrons. The van der Waals surface area contributed by atoms with E-state index in [2.05, 4.69) is 15.4 Å². The Bertz CT molecular complexity index is 1000. The van der Waals surface area contributed by atoms with Gasteiger partial charge in [-0.2, -0.15) is 0 Å². The highest BCUT2D eigenvalue weighted by Crippen LogP contribution is 2.18. The lowest BCUT2D eigenvalue weighted by molar-refractivity contribution is -0.146. The maximum atomic E-state index is 13.5. The first-order chi connectivity index (χ1) is 17.2. The van der Waals surface area contributed by atoms with Gasteiger partial charge in [0.2, 0.25) is 11.8 Å². The highest BCUT2D eigenvalue weighted by molar-refractivity contribution is 6.00. The normalized spacial score (nSPS) is 16.6. The Hall–Kier alpha value is -3.63. The Morgan fingerprint density at radius 2 is 1.68 bits per heavy atom. The molecule has 1 aromatic carbocycles. The zero-order valence-corrected chi connectivity index (χ0v) is 22.6. The number of hydrogen-bond donors (Lipinski definition) is 2. The number of piperazine rings is 1. The number of alkyl carbamates (subject to hydrolysis) is 1. The fourth-order valence-corrected chi connectivity index (χ4v) is 3.77. The van der Waals surface area contributed by atoms with E-state index in [4.69, 9.17) is 4.74 Å². The fraction of sp³-hybridized carbons (Fsp3) is 0.577. The lowest BCUT2D eigenvalue weighted by atomic mass is 10.0. The summed E-state index contributed by atoms with van der Waals surface area (Å²) in [5.74, 6) is -1.68. The Morgan fingerprint density at radius 3 is 2.22 bits per heavy atom. The third kappa shape index (κ3) is 8.47. The number of nitrogens with one attached hydrogen (secondary N) is 2. The lowest BCUT2D eigenvalue weighted by Crippen LogP contribution is -2.65. The number of benzene rings is 1. The number of carbonyl (C=O) groups is 5. The molecule has 1 aromatic rings. The second-order valence-electron chi connectivity index (χ2n) is 10.3. The minimum Gasteiger partial charge on any atom is -0.453 e. The molecule has 2 N–H and O–H groups in total. The predicted octanol–water partition coefficient (Wildman–Crippen LogP) is 2.12. The van der Waals surface area contributed by atoms with Crippen molar-refractivity contribution in [3.8, 4) is 0 Å². The Balaban J connectivity index is 2.24. The molecule has 0 bridgehead atoms. The number of Topliss-reactive ketones (excluding diaryl/α,β-unsaturated/α-hetero) is 1. The standard InChI is InChI=1S/C26H38N4O7/c1-16(2)21(28-24(34)36-7)23(33)30-13-12-29(25(35)37-26(4,5)6)15-19(30)22(32)27-14-20(31)18-10-8-17(3)9-11-18/h8-11,16,19,21H,12-15H2,1-7H3,(H,27,32)(H,28,34). The summed E-state index contributed by atoms with van der Waals surface area (Å²) in [5.41, 5.74) is 0.703. The number of aryl methyl sites for hydroxylation is 1. The second-order valence-corrected chi connectivity index (χ2v) is 10.3. The van der Waals surface area contributed by atoms with E-state index in [0.29, 0.717) is 5.56 Å². The Kier molecular flexibility index (Phi) is 10.0. The highest BCUT2D eigenvalue weighted by Gasteiger charge is 2.41. The van der Waals surface area contributed by atoms with Crippen LogP contribution in [0, 0.1) is 12.8 Å². The van der Waals surface area contributed by atoms with Crippen molar-refractivity contribution in [1.29, 1.82) is 0 Å². The smallest absolute Gasteiger partial charge is 0.410 e. The monoisotopic (exact) mass is 518 g/mol. The van der Waals surface area contributed by atoms with Crippen molar-refractivity contribution in [2.24, 2.45) is 5.92 Å². The van der Waals surface area contributed by atoms with Crippen LogP contribution >= 0.6 is 0 Å². The van der Waals surface area contributed by atoms with Crippen molar-refractivity contribution in [2.75, 3.05) is 33.3 Å². The molecule has 2 unspecified atom stereocenters. The molecule has 0 aliphatic carbocycles.